The Labute approximate surface area is 224 Å². The molecule has 0 aliphatic carbocycles. The van der Waals surface area contributed by atoms with Gasteiger partial charge in [-0.05, 0) is 36.4 Å². The number of ether oxygens (including phenoxy) is 2. The quantitative estimate of drug-likeness (QED) is 0.200. The molecule has 6 heteroatoms. The number of rotatable bonds is 16. The molecule has 3 rings (SSSR count). The first-order chi connectivity index (χ1) is 17.8. The lowest BCUT2D eigenvalue weighted by atomic mass is 10.3. The van der Waals surface area contributed by atoms with Crippen molar-refractivity contribution in [1.29, 1.82) is 0 Å². The first-order valence-corrected chi connectivity index (χ1v) is 14.3. The van der Waals surface area contributed by atoms with E-state index in [1.54, 1.807) is 11.8 Å². The van der Waals surface area contributed by atoms with Crippen LogP contribution in [0.4, 0.5) is 0 Å². The van der Waals surface area contributed by atoms with Crippen LogP contribution >= 0.6 is 23.5 Å². The minimum atomic E-state index is 0.671. The molecule has 1 saturated heterocycles. The lowest BCUT2D eigenvalue weighted by Crippen LogP contribution is -2.24. The Bertz CT molecular complexity index is 1000. The van der Waals surface area contributed by atoms with Crippen molar-refractivity contribution < 1.29 is 9.47 Å². The smallest absolute Gasteiger partial charge is 0.119 e. The van der Waals surface area contributed by atoms with Gasteiger partial charge in [0.2, 0.25) is 0 Å². The highest BCUT2D eigenvalue weighted by atomic mass is 32.2. The summed E-state index contributed by atoms with van der Waals surface area (Å²) in [4.78, 5) is 3.44. The number of hydrogen-bond donors (Lipinski definition) is 1. The zero-order valence-corrected chi connectivity index (χ0v) is 22.4. The molecule has 1 heterocycles. The van der Waals surface area contributed by atoms with E-state index in [2.05, 4.69) is 35.0 Å². The molecule has 0 radical (unpaired) electrons. The van der Waals surface area contributed by atoms with Gasteiger partial charge in [-0.25, -0.2) is 0 Å². The molecule has 0 saturated carbocycles. The van der Waals surface area contributed by atoms with Crippen molar-refractivity contribution in [2.75, 3.05) is 50.9 Å². The largest absolute Gasteiger partial charge is 0.492 e. The molecule has 1 fully saturated rings. The van der Waals surface area contributed by atoms with E-state index in [4.69, 9.17) is 9.47 Å². The van der Waals surface area contributed by atoms with Gasteiger partial charge >= 0.3 is 0 Å². The first-order valence-electron chi connectivity index (χ1n) is 12.3. The molecule has 4 nitrogen and oxygen atoms in total. The standard InChI is InChI=1S/C30H36N2O2S2/c1-27(35-25-20-31-19-23-33-28-14-8-5-9-15-28)13-7-3-2-4-12-18-30-32(22-26-36-30)21-24-34-29-16-10-6-11-17-29/h2-18,31H,1,19-26H2/b3-2+,12-4+,13-7+,30-18-. The maximum Gasteiger partial charge on any atom is 0.119 e. The summed E-state index contributed by atoms with van der Waals surface area (Å²) in [6, 6.07) is 19.9. The molecule has 1 N–H and O–H groups in total. The van der Waals surface area contributed by atoms with Gasteiger partial charge in [-0.3, -0.25) is 0 Å². The molecule has 190 valence electrons. The summed E-state index contributed by atoms with van der Waals surface area (Å²) in [5, 5.41) is 4.70. The van der Waals surface area contributed by atoms with Crippen LogP contribution < -0.4 is 14.8 Å². The summed E-state index contributed by atoms with van der Waals surface area (Å²) in [5.41, 5.74) is 0. The Morgan fingerprint density at radius 1 is 0.889 bits per heavy atom. The van der Waals surface area contributed by atoms with Gasteiger partial charge in [0.05, 0.1) is 11.6 Å². The van der Waals surface area contributed by atoms with Crippen molar-refractivity contribution in [1.82, 2.24) is 10.2 Å². The number of hydrogen-bond acceptors (Lipinski definition) is 6. The topological polar surface area (TPSA) is 33.7 Å². The predicted molar refractivity (Wildman–Crippen MR) is 158 cm³/mol. The van der Waals surface area contributed by atoms with Gasteiger partial charge in [-0.2, -0.15) is 0 Å². The molecular weight excluding hydrogens is 484 g/mol. The third-order valence-corrected chi connectivity index (χ3v) is 7.11. The molecule has 0 aromatic heterocycles. The van der Waals surface area contributed by atoms with E-state index < -0.39 is 0 Å². The maximum atomic E-state index is 5.83. The second-order valence-electron chi connectivity index (χ2n) is 7.86. The van der Waals surface area contributed by atoms with Crippen LogP contribution in [0.5, 0.6) is 11.5 Å². The highest BCUT2D eigenvalue weighted by molar-refractivity contribution is 8.03. The van der Waals surface area contributed by atoms with E-state index in [1.807, 2.05) is 96.7 Å². The number of allylic oxidation sites excluding steroid dienone is 7. The zero-order chi connectivity index (χ0) is 25.1. The highest BCUT2D eigenvalue weighted by Gasteiger charge is 2.16. The van der Waals surface area contributed by atoms with Gasteiger partial charge in [-0.15, -0.1) is 23.5 Å². The Morgan fingerprint density at radius 3 is 2.31 bits per heavy atom. The molecule has 36 heavy (non-hydrogen) atoms. The van der Waals surface area contributed by atoms with Crippen molar-refractivity contribution in [2.45, 2.75) is 0 Å². The van der Waals surface area contributed by atoms with Crippen molar-refractivity contribution in [3.63, 3.8) is 0 Å². The monoisotopic (exact) mass is 520 g/mol. The second kappa shape index (κ2) is 17.6. The number of nitrogens with zero attached hydrogens (tertiary/aromatic N) is 1. The van der Waals surface area contributed by atoms with E-state index in [9.17, 15) is 0 Å². The van der Waals surface area contributed by atoms with Crippen molar-refractivity contribution in [2.24, 2.45) is 0 Å². The fourth-order valence-electron chi connectivity index (χ4n) is 3.31. The van der Waals surface area contributed by atoms with Gasteiger partial charge in [0, 0.05) is 36.0 Å². The van der Waals surface area contributed by atoms with Crippen LogP contribution in [-0.4, -0.2) is 55.8 Å². The minimum absolute atomic E-state index is 0.671. The number of thioether (sulfide) groups is 2. The SMILES string of the molecule is C=C(/C=C/C=C/C=C/C=C1\SCCN1CCOc1ccccc1)SCCNCCOc1ccccc1. The molecule has 2 aromatic rings. The van der Waals surface area contributed by atoms with Crippen LogP contribution in [0.1, 0.15) is 0 Å². The second-order valence-corrected chi connectivity index (χ2v) is 10.2. The normalized spacial score (nSPS) is 15.0. The third-order valence-electron chi connectivity index (χ3n) is 5.12. The van der Waals surface area contributed by atoms with E-state index in [1.165, 1.54) is 5.03 Å². The molecule has 1 aliphatic heterocycles. The van der Waals surface area contributed by atoms with Gasteiger partial charge in [0.15, 0.2) is 0 Å². The van der Waals surface area contributed by atoms with E-state index in [0.717, 1.165) is 54.1 Å². The van der Waals surface area contributed by atoms with Crippen LogP contribution in [0.15, 0.2) is 120 Å². The summed E-state index contributed by atoms with van der Waals surface area (Å²) in [5.74, 6) is 3.95. The molecule has 0 bridgehead atoms. The number of para-hydroxylation sites is 2. The van der Waals surface area contributed by atoms with Crippen LogP contribution in [0, 0.1) is 0 Å². The lowest BCUT2D eigenvalue weighted by molar-refractivity contribution is 0.261. The Balaban J connectivity index is 1.22. The summed E-state index contributed by atoms with van der Waals surface area (Å²) < 4.78 is 11.5. The van der Waals surface area contributed by atoms with Gasteiger partial charge in [0.25, 0.3) is 0 Å². The number of nitrogens with one attached hydrogen (secondary N) is 1. The average Bonchev–Trinajstić information content (AvgIpc) is 3.36. The van der Waals surface area contributed by atoms with Crippen molar-refractivity contribution >= 4 is 23.5 Å². The predicted octanol–water partition coefficient (Wildman–Crippen LogP) is 6.54. The van der Waals surface area contributed by atoms with Gasteiger partial charge in [-0.1, -0.05) is 73.4 Å². The Hall–Kier alpha value is -2.80. The van der Waals surface area contributed by atoms with Crippen molar-refractivity contribution in [3.05, 3.63) is 120 Å². The lowest BCUT2D eigenvalue weighted by Gasteiger charge is -2.18. The average molecular weight is 521 g/mol. The van der Waals surface area contributed by atoms with Crippen LogP contribution in [0.25, 0.3) is 0 Å². The van der Waals surface area contributed by atoms with E-state index in [-0.39, 0.29) is 0 Å². The van der Waals surface area contributed by atoms with Crippen LogP contribution in [0.3, 0.4) is 0 Å². The Kier molecular flexibility index (Phi) is 13.6. The van der Waals surface area contributed by atoms with Crippen molar-refractivity contribution in [3.8, 4) is 11.5 Å². The Morgan fingerprint density at radius 2 is 1.56 bits per heavy atom. The molecule has 0 amide bonds. The van der Waals surface area contributed by atoms with E-state index in [0.29, 0.717) is 13.2 Å². The molecule has 1 aliphatic rings. The molecule has 0 unspecified atom stereocenters. The van der Waals surface area contributed by atoms with Gasteiger partial charge in [0.1, 0.15) is 24.7 Å². The maximum absolute atomic E-state index is 5.83. The molecule has 0 spiro atoms. The zero-order valence-electron chi connectivity index (χ0n) is 20.8. The fourth-order valence-corrected chi connectivity index (χ4v) is 5.05. The first kappa shape index (κ1) is 27.8. The number of benzene rings is 2. The van der Waals surface area contributed by atoms with Crippen LogP contribution in [0.2, 0.25) is 0 Å². The fraction of sp³-hybridized carbons (Fsp3) is 0.267. The molecule has 2 aromatic carbocycles. The summed E-state index contributed by atoms with van der Waals surface area (Å²) in [6.45, 7) is 9.20. The third kappa shape index (κ3) is 11.8. The molecular formula is C30H36N2O2S2. The highest BCUT2D eigenvalue weighted by Crippen LogP contribution is 2.27. The van der Waals surface area contributed by atoms with Gasteiger partial charge < -0.3 is 19.7 Å². The summed E-state index contributed by atoms with van der Waals surface area (Å²) >= 11 is 3.65. The van der Waals surface area contributed by atoms with E-state index >= 15 is 0 Å². The molecule has 0 atom stereocenters. The summed E-state index contributed by atoms with van der Waals surface area (Å²) in [6.07, 6.45) is 14.5. The van der Waals surface area contributed by atoms with Crippen LogP contribution in [-0.2, 0) is 0 Å². The summed E-state index contributed by atoms with van der Waals surface area (Å²) in [7, 11) is 0. The minimum Gasteiger partial charge on any atom is -0.492 e.